The van der Waals surface area contributed by atoms with E-state index in [2.05, 4.69) is 9.47 Å². The molecule has 6 nitrogen and oxygen atoms in total. The van der Waals surface area contributed by atoms with Crippen LogP contribution < -0.4 is 0 Å². The number of nitriles is 1. The van der Waals surface area contributed by atoms with Crippen molar-refractivity contribution in [3.63, 3.8) is 0 Å². The van der Waals surface area contributed by atoms with Gasteiger partial charge in [0.1, 0.15) is 0 Å². The highest BCUT2D eigenvalue weighted by Gasteiger charge is 2.07. The van der Waals surface area contributed by atoms with Gasteiger partial charge in [-0.1, -0.05) is 0 Å². The van der Waals surface area contributed by atoms with Crippen LogP contribution in [-0.4, -0.2) is 17.4 Å². The third-order valence-corrected chi connectivity index (χ3v) is 0.300. The molecule has 9 heavy (non-hydrogen) atoms. The molecule has 0 radical (unpaired) electrons. The first-order chi connectivity index (χ1) is 4.16. The predicted molar refractivity (Wildman–Crippen MR) is 21.2 cm³/mol. The number of rotatable bonds is 0. The van der Waals surface area contributed by atoms with Gasteiger partial charge in [-0.3, -0.25) is 0 Å². The van der Waals surface area contributed by atoms with Crippen molar-refractivity contribution < 1.29 is 24.2 Å². The molecule has 0 aliphatic rings. The van der Waals surface area contributed by atoms with E-state index < -0.39 is 12.3 Å². The Bertz CT molecular complexity index is 168. The van der Waals surface area contributed by atoms with E-state index in [4.69, 9.17) is 10.4 Å². The fourth-order valence-electron chi connectivity index (χ4n) is 0.129. The first kappa shape index (κ1) is 7.23. The van der Waals surface area contributed by atoms with Crippen LogP contribution in [0.2, 0.25) is 0 Å². The summed E-state index contributed by atoms with van der Waals surface area (Å²) in [5.41, 5.74) is 0. The first-order valence-corrected chi connectivity index (χ1v) is 1.67. The quantitative estimate of drug-likeness (QED) is 0.288. The van der Waals surface area contributed by atoms with E-state index in [9.17, 15) is 9.59 Å². The summed E-state index contributed by atoms with van der Waals surface area (Å²) in [7, 11) is 0. The number of carboxylic acid groups (broad SMARTS) is 1. The van der Waals surface area contributed by atoms with E-state index in [1.54, 1.807) is 0 Å². The minimum absolute atomic E-state index is 0.935. The maximum absolute atomic E-state index is 9.81. The van der Waals surface area contributed by atoms with Crippen molar-refractivity contribution in [1.29, 1.82) is 5.26 Å². The number of carbonyl (C=O) groups excluding carboxylic acids is 1. The molecule has 0 atom stereocenters. The van der Waals surface area contributed by atoms with Gasteiger partial charge in [-0.15, -0.1) is 5.26 Å². The standard InChI is InChI=1S/C3HNO5/c4-1-8-3(7)9-2(5)6/h(H,5,6). The maximum atomic E-state index is 9.81. The molecule has 0 aromatic heterocycles. The Morgan fingerprint density at radius 1 is 1.56 bits per heavy atom. The minimum atomic E-state index is -1.81. The number of carbonyl (C=O) groups is 2. The Kier molecular flexibility index (Phi) is 2.62. The lowest BCUT2D eigenvalue weighted by atomic mass is 11.2. The van der Waals surface area contributed by atoms with Crippen LogP contribution in [0.4, 0.5) is 9.59 Å². The highest BCUT2D eigenvalue weighted by molar-refractivity contribution is 5.76. The zero-order valence-corrected chi connectivity index (χ0v) is 4.03. The highest BCUT2D eigenvalue weighted by atomic mass is 16.8. The summed E-state index contributed by atoms with van der Waals surface area (Å²) in [5.74, 6) is 0. The number of hydrogen-bond donors (Lipinski definition) is 1. The first-order valence-electron chi connectivity index (χ1n) is 1.67. The molecule has 6 heteroatoms. The number of nitrogens with zero attached hydrogens (tertiary/aromatic N) is 1. The summed E-state index contributed by atoms with van der Waals surface area (Å²) in [6.07, 6.45) is -2.43. The molecule has 48 valence electrons. The molecule has 0 spiro atoms. The van der Waals surface area contributed by atoms with Gasteiger partial charge in [-0.05, 0) is 0 Å². The molecule has 0 aromatic rings. The van der Waals surface area contributed by atoms with Crippen molar-refractivity contribution in [1.82, 2.24) is 0 Å². The van der Waals surface area contributed by atoms with Gasteiger partial charge in [0.25, 0.3) is 6.26 Å². The van der Waals surface area contributed by atoms with E-state index in [0.717, 1.165) is 6.26 Å². The highest BCUT2D eigenvalue weighted by Crippen LogP contribution is 1.82. The van der Waals surface area contributed by atoms with Gasteiger partial charge in [-0.25, -0.2) is 9.59 Å². The van der Waals surface area contributed by atoms with Crippen LogP contribution in [0.15, 0.2) is 0 Å². The fraction of sp³-hybridized carbons (Fsp3) is 0. The Balaban J connectivity index is 3.54. The van der Waals surface area contributed by atoms with E-state index in [0.29, 0.717) is 0 Å². The van der Waals surface area contributed by atoms with Gasteiger partial charge in [0.15, 0.2) is 0 Å². The molecular weight excluding hydrogens is 130 g/mol. The molecule has 1 N–H and O–H groups in total. The van der Waals surface area contributed by atoms with E-state index in [-0.39, 0.29) is 0 Å². The molecule has 0 heterocycles. The smallest absolute Gasteiger partial charge is 0.449 e. The Morgan fingerprint density at radius 3 is 2.44 bits per heavy atom. The second kappa shape index (κ2) is 3.26. The molecule has 0 amide bonds. The number of ether oxygens (including phenoxy) is 2. The number of hydrogen-bond acceptors (Lipinski definition) is 5. The lowest BCUT2D eigenvalue weighted by Gasteiger charge is -1.88. The largest absolute Gasteiger partial charge is 0.534 e. The van der Waals surface area contributed by atoms with Crippen molar-refractivity contribution in [2.45, 2.75) is 0 Å². The van der Waals surface area contributed by atoms with E-state index >= 15 is 0 Å². The summed E-state index contributed by atoms with van der Waals surface area (Å²) < 4.78 is 6.74. The lowest BCUT2D eigenvalue weighted by molar-refractivity contribution is 0.0786. The lowest BCUT2D eigenvalue weighted by Crippen LogP contribution is -2.08. The summed E-state index contributed by atoms with van der Waals surface area (Å²) in [6, 6.07) is 0. The van der Waals surface area contributed by atoms with Crippen LogP contribution in [0, 0.1) is 11.5 Å². The van der Waals surface area contributed by atoms with Crippen molar-refractivity contribution in [2.75, 3.05) is 0 Å². The van der Waals surface area contributed by atoms with Gasteiger partial charge >= 0.3 is 12.3 Å². The topological polar surface area (TPSA) is 96.6 Å². The summed E-state index contributed by atoms with van der Waals surface area (Å²) in [5, 5.41) is 15.3. The van der Waals surface area contributed by atoms with Crippen LogP contribution in [0.25, 0.3) is 0 Å². The Labute approximate surface area is 49.2 Å². The monoisotopic (exact) mass is 131 g/mol. The SMILES string of the molecule is N#COC(=O)OC(=O)O. The molecule has 0 unspecified atom stereocenters. The maximum Gasteiger partial charge on any atom is 0.534 e. The summed E-state index contributed by atoms with van der Waals surface area (Å²) in [6.45, 7) is 0. The van der Waals surface area contributed by atoms with Crippen molar-refractivity contribution in [3.8, 4) is 6.26 Å². The van der Waals surface area contributed by atoms with Crippen molar-refractivity contribution in [3.05, 3.63) is 0 Å². The van der Waals surface area contributed by atoms with Gasteiger partial charge in [0, 0.05) is 0 Å². The van der Waals surface area contributed by atoms with Crippen molar-refractivity contribution in [2.24, 2.45) is 0 Å². The minimum Gasteiger partial charge on any atom is -0.449 e. The molecule has 0 aliphatic carbocycles. The van der Waals surface area contributed by atoms with Crippen LogP contribution in [0.1, 0.15) is 0 Å². The normalized spacial score (nSPS) is 7.00. The average Bonchev–Trinajstić information content (AvgIpc) is 1.63. The molecule has 0 saturated heterocycles. The zero-order valence-electron chi connectivity index (χ0n) is 4.03. The third-order valence-electron chi connectivity index (χ3n) is 0.300. The third kappa shape index (κ3) is 4.08. The molecule has 0 bridgehead atoms. The predicted octanol–water partition coefficient (Wildman–Crippen LogP) is 0.299. The molecule has 0 fully saturated rings. The summed E-state index contributed by atoms with van der Waals surface area (Å²) >= 11 is 0. The second-order valence-corrected chi connectivity index (χ2v) is 0.811. The Hall–Kier alpha value is -1.77. The second-order valence-electron chi connectivity index (χ2n) is 0.811. The molecule has 0 aromatic carbocycles. The van der Waals surface area contributed by atoms with Gasteiger partial charge in [0.2, 0.25) is 0 Å². The molecule has 0 saturated carbocycles. The van der Waals surface area contributed by atoms with Crippen LogP contribution >= 0.6 is 0 Å². The Morgan fingerprint density at radius 2 is 2.11 bits per heavy atom. The fourth-order valence-corrected chi connectivity index (χ4v) is 0.129. The van der Waals surface area contributed by atoms with Crippen LogP contribution in [0.5, 0.6) is 0 Å². The van der Waals surface area contributed by atoms with Gasteiger partial charge < -0.3 is 14.6 Å². The van der Waals surface area contributed by atoms with E-state index in [1.807, 2.05) is 0 Å². The van der Waals surface area contributed by atoms with Gasteiger partial charge in [0.05, 0.1) is 0 Å². The average molecular weight is 131 g/mol. The molecule has 0 aliphatic heterocycles. The van der Waals surface area contributed by atoms with Crippen molar-refractivity contribution >= 4 is 12.3 Å². The zero-order chi connectivity index (χ0) is 7.28. The van der Waals surface area contributed by atoms with Crippen LogP contribution in [-0.2, 0) is 9.47 Å². The summed E-state index contributed by atoms with van der Waals surface area (Å²) in [4.78, 5) is 19.3. The van der Waals surface area contributed by atoms with E-state index in [1.165, 1.54) is 0 Å². The molecule has 0 rings (SSSR count). The van der Waals surface area contributed by atoms with Gasteiger partial charge in [-0.2, -0.15) is 0 Å². The molecular formula is C3HNO5. The van der Waals surface area contributed by atoms with Crippen LogP contribution in [0.3, 0.4) is 0 Å².